The van der Waals surface area contributed by atoms with Crippen LogP contribution in [0.25, 0.3) is 0 Å². The first-order valence-corrected chi connectivity index (χ1v) is 7.96. The zero-order chi connectivity index (χ0) is 12.6. The second kappa shape index (κ2) is 4.55. The van der Waals surface area contributed by atoms with Crippen LogP contribution in [0.15, 0.2) is 9.00 Å². The van der Waals surface area contributed by atoms with E-state index in [0.29, 0.717) is 11.6 Å². The number of hydrogen-bond acceptors (Lipinski definition) is 4. The molecule has 2 atom stereocenters. The van der Waals surface area contributed by atoms with E-state index >= 15 is 0 Å². The summed E-state index contributed by atoms with van der Waals surface area (Å²) in [6.45, 7) is 3.69. The summed E-state index contributed by atoms with van der Waals surface area (Å²) in [5, 5.41) is 0. The van der Waals surface area contributed by atoms with Crippen LogP contribution in [0.4, 0.5) is 0 Å². The molecule has 5 nitrogen and oxygen atoms in total. The number of thiazole rings is 1. The van der Waals surface area contributed by atoms with Crippen molar-refractivity contribution in [2.75, 3.05) is 0 Å². The molecule has 0 amide bonds. The Kier molecular flexibility index (Phi) is 3.42. The van der Waals surface area contributed by atoms with Gasteiger partial charge in [-0.05, 0) is 25.7 Å². The standard InChI is InChI=1S/C10H16N2O3S2/c1-3-4-7-5-8(7)12-17(14,15)9-6(2)11-10(13)16-9/h7-8,12H,3-5H2,1-2H3,(H,11,13). The van der Waals surface area contributed by atoms with E-state index in [1.54, 1.807) is 6.92 Å². The van der Waals surface area contributed by atoms with E-state index in [4.69, 9.17) is 0 Å². The van der Waals surface area contributed by atoms with Gasteiger partial charge in [0, 0.05) is 11.7 Å². The molecule has 2 unspecified atom stereocenters. The smallest absolute Gasteiger partial charge is 0.305 e. The molecule has 2 N–H and O–H groups in total. The molecule has 1 saturated carbocycles. The number of H-pyrrole nitrogens is 1. The molecule has 1 aromatic heterocycles. The molecule has 0 radical (unpaired) electrons. The van der Waals surface area contributed by atoms with Crippen LogP contribution in [0.2, 0.25) is 0 Å². The Labute approximate surface area is 104 Å². The lowest BCUT2D eigenvalue weighted by Crippen LogP contribution is -2.27. The van der Waals surface area contributed by atoms with Crippen LogP contribution < -0.4 is 9.60 Å². The minimum absolute atomic E-state index is 0.0524. The summed E-state index contributed by atoms with van der Waals surface area (Å²) in [6.07, 6.45) is 3.03. The Morgan fingerprint density at radius 1 is 1.53 bits per heavy atom. The van der Waals surface area contributed by atoms with Crippen molar-refractivity contribution in [3.05, 3.63) is 15.4 Å². The lowest BCUT2D eigenvalue weighted by atomic mass is 10.2. The van der Waals surface area contributed by atoms with Gasteiger partial charge in [-0.2, -0.15) is 0 Å². The first-order valence-electron chi connectivity index (χ1n) is 5.66. The van der Waals surface area contributed by atoms with Crippen molar-refractivity contribution < 1.29 is 8.42 Å². The van der Waals surface area contributed by atoms with Crippen molar-refractivity contribution in [2.45, 2.75) is 43.4 Å². The van der Waals surface area contributed by atoms with Gasteiger partial charge in [0.25, 0.3) is 10.0 Å². The van der Waals surface area contributed by atoms with Crippen LogP contribution in [0.5, 0.6) is 0 Å². The molecule has 1 fully saturated rings. The maximum absolute atomic E-state index is 12.0. The fraction of sp³-hybridized carbons (Fsp3) is 0.700. The zero-order valence-corrected chi connectivity index (χ0v) is 11.5. The van der Waals surface area contributed by atoms with Gasteiger partial charge in [0.15, 0.2) is 4.21 Å². The summed E-state index contributed by atoms with van der Waals surface area (Å²) in [4.78, 5) is 13.3. The maximum Gasteiger partial charge on any atom is 0.305 e. The van der Waals surface area contributed by atoms with Gasteiger partial charge in [-0.1, -0.05) is 24.7 Å². The van der Waals surface area contributed by atoms with Gasteiger partial charge in [0.05, 0.1) is 0 Å². The molecule has 0 aromatic carbocycles. The van der Waals surface area contributed by atoms with Crippen molar-refractivity contribution >= 4 is 21.4 Å². The van der Waals surface area contributed by atoms with Gasteiger partial charge >= 0.3 is 4.87 Å². The molecule has 1 aliphatic rings. The van der Waals surface area contributed by atoms with Gasteiger partial charge in [0.2, 0.25) is 0 Å². The lowest BCUT2D eigenvalue weighted by molar-refractivity contribution is 0.574. The van der Waals surface area contributed by atoms with E-state index in [9.17, 15) is 13.2 Å². The molecule has 1 aliphatic carbocycles. The minimum Gasteiger partial charge on any atom is -0.315 e. The number of aromatic nitrogens is 1. The van der Waals surface area contributed by atoms with Crippen LogP contribution in [0.1, 0.15) is 31.9 Å². The molecule has 1 aromatic rings. The number of aryl methyl sites for hydroxylation is 1. The SMILES string of the molecule is CCCC1CC1NS(=O)(=O)c1sc(=O)[nH]c1C. The summed E-state index contributed by atoms with van der Waals surface area (Å²) in [5.41, 5.74) is 0.417. The number of nitrogens with one attached hydrogen (secondary N) is 2. The molecule has 2 rings (SSSR count). The van der Waals surface area contributed by atoms with E-state index in [-0.39, 0.29) is 15.1 Å². The number of sulfonamides is 1. The molecule has 0 bridgehead atoms. The van der Waals surface area contributed by atoms with Crippen LogP contribution in [-0.2, 0) is 10.0 Å². The van der Waals surface area contributed by atoms with Crippen molar-refractivity contribution in [3.63, 3.8) is 0 Å². The highest BCUT2D eigenvalue weighted by molar-refractivity contribution is 7.91. The first kappa shape index (κ1) is 12.8. The van der Waals surface area contributed by atoms with Gasteiger partial charge in [-0.3, -0.25) is 4.79 Å². The van der Waals surface area contributed by atoms with Gasteiger partial charge < -0.3 is 4.98 Å². The van der Waals surface area contributed by atoms with Crippen LogP contribution in [-0.4, -0.2) is 19.4 Å². The third-order valence-corrected chi connectivity index (χ3v) is 6.01. The van der Waals surface area contributed by atoms with E-state index in [0.717, 1.165) is 30.6 Å². The number of rotatable bonds is 5. The third kappa shape index (κ3) is 2.78. The molecular formula is C10H16N2O3S2. The highest BCUT2D eigenvalue weighted by atomic mass is 32.2. The summed E-state index contributed by atoms with van der Waals surface area (Å²) in [6, 6.07) is 0.0524. The normalized spacial score (nSPS) is 23.9. The molecule has 0 saturated heterocycles. The highest BCUT2D eigenvalue weighted by Crippen LogP contribution is 2.36. The Morgan fingerprint density at radius 3 is 2.76 bits per heavy atom. The largest absolute Gasteiger partial charge is 0.315 e. The molecular weight excluding hydrogens is 260 g/mol. The summed E-state index contributed by atoms with van der Waals surface area (Å²) in [5.74, 6) is 0.464. The second-order valence-corrected chi connectivity index (χ2v) is 7.33. The fourth-order valence-electron chi connectivity index (χ4n) is 1.98. The zero-order valence-electron chi connectivity index (χ0n) is 9.82. The highest BCUT2D eigenvalue weighted by Gasteiger charge is 2.40. The molecule has 17 heavy (non-hydrogen) atoms. The molecule has 7 heteroatoms. The van der Waals surface area contributed by atoms with E-state index < -0.39 is 10.0 Å². The minimum atomic E-state index is -3.52. The topological polar surface area (TPSA) is 79.0 Å². The quantitative estimate of drug-likeness (QED) is 0.848. The first-order chi connectivity index (χ1) is 7.94. The summed E-state index contributed by atoms with van der Waals surface area (Å²) in [7, 11) is -3.52. The summed E-state index contributed by atoms with van der Waals surface area (Å²) >= 11 is 0.744. The van der Waals surface area contributed by atoms with Gasteiger partial charge in [-0.25, -0.2) is 13.1 Å². The Balaban J connectivity index is 2.10. The molecule has 1 heterocycles. The fourth-order valence-corrected chi connectivity index (χ4v) is 4.62. The molecule has 0 spiro atoms. The van der Waals surface area contributed by atoms with Crippen molar-refractivity contribution in [2.24, 2.45) is 5.92 Å². The van der Waals surface area contributed by atoms with Crippen molar-refractivity contribution in [3.8, 4) is 0 Å². The van der Waals surface area contributed by atoms with Crippen molar-refractivity contribution in [1.29, 1.82) is 0 Å². The lowest BCUT2D eigenvalue weighted by Gasteiger charge is -2.04. The molecule has 0 aliphatic heterocycles. The van der Waals surface area contributed by atoms with Crippen molar-refractivity contribution in [1.82, 2.24) is 9.71 Å². The Hall–Kier alpha value is -0.660. The predicted octanol–water partition coefficient (Wildman–Crippen LogP) is 1.21. The maximum atomic E-state index is 12.0. The van der Waals surface area contributed by atoms with Crippen LogP contribution in [0, 0.1) is 12.8 Å². The monoisotopic (exact) mass is 276 g/mol. The van der Waals surface area contributed by atoms with Crippen LogP contribution in [0.3, 0.4) is 0 Å². The van der Waals surface area contributed by atoms with E-state index in [1.807, 2.05) is 0 Å². The third-order valence-electron chi connectivity index (χ3n) is 2.91. The number of aromatic amines is 1. The van der Waals surface area contributed by atoms with Crippen LogP contribution >= 0.6 is 11.3 Å². The molecule has 96 valence electrons. The Bertz CT molecular complexity index is 558. The van der Waals surface area contributed by atoms with Gasteiger partial charge in [-0.15, -0.1) is 0 Å². The summed E-state index contributed by atoms with van der Waals surface area (Å²) < 4.78 is 26.8. The van der Waals surface area contributed by atoms with E-state index in [2.05, 4.69) is 16.6 Å². The van der Waals surface area contributed by atoms with E-state index in [1.165, 1.54) is 0 Å². The number of hydrogen-bond donors (Lipinski definition) is 2. The average Bonchev–Trinajstić information content (AvgIpc) is 2.81. The predicted molar refractivity (Wildman–Crippen MR) is 66.8 cm³/mol. The van der Waals surface area contributed by atoms with Gasteiger partial charge in [0.1, 0.15) is 0 Å². The average molecular weight is 276 g/mol. The Morgan fingerprint density at radius 2 is 2.24 bits per heavy atom. The second-order valence-electron chi connectivity index (χ2n) is 4.44.